The standard InChI is InChI=1S/C12H20F2.C10H9N3O2.C2H3F3/c13-12(14)8-6-11(7-9-12)10-4-2-1-3-5-10;1-11-10(15)9-8-6(2-4-13-9)12-5-3-7(8)14;1-2(3,4)5/h10-11H,1-9H2;2-5H,1H3,(H,11,15)(H,12,14);1H3. The first-order valence-electron chi connectivity index (χ1n) is 11.5. The molecule has 0 spiro atoms. The number of pyridine rings is 2. The molecule has 190 valence electrons. The molecule has 2 aromatic heterocycles. The fraction of sp³-hybridized carbons (Fsp3) is 0.625. The molecule has 0 saturated heterocycles. The maximum absolute atomic E-state index is 12.9. The molecule has 0 aliphatic heterocycles. The molecule has 4 rings (SSSR count). The Kier molecular flexibility index (Phi) is 10.00. The highest BCUT2D eigenvalue weighted by atomic mass is 19.4. The topological polar surface area (TPSA) is 74.8 Å². The first kappa shape index (κ1) is 27.7. The second kappa shape index (κ2) is 12.3. The fourth-order valence-corrected chi connectivity index (χ4v) is 4.55. The first-order valence-corrected chi connectivity index (χ1v) is 11.5. The second-order valence-corrected chi connectivity index (χ2v) is 8.88. The highest BCUT2D eigenvalue weighted by Crippen LogP contribution is 2.43. The van der Waals surface area contributed by atoms with Crippen molar-refractivity contribution in [3.05, 3.63) is 40.4 Å². The summed E-state index contributed by atoms with van der Waals surface area (Å²) >= 11 is 0. The second-order valence-electron chi connectivity index (χ2n) is 8.88. The normalized spacial score (nSPS) is 18.8. The van der Waals surface area contributed by atoms with Crippen molar-refractivity contribution in [3.63, 3.8) is 0 Å². The Morgan fingerprint density at radius 3 is 2.18 bits per heavy atom. The lowest BCUT2D eigenvalue weighted by molar-refractivity contribution is -0.110. The zero-order valence-corrected chi connectivity index (χ0v) is 19.5. The zero-order chi connectivity index (χ0) is 25.4. The summed E-state index contributed by atoms with van der Waals surface area (Å²) in [5, 5.41) is 2.77. The van der Waals surface area contributed by atoms with Crippen LogP contribution in [-0.4, -0.2) is 35.0 Å². The minimum absolute atomic E-state index is 0.147. The molecule has 2 saturated carbocycles. The Bertz CT molecular complexity index is 963. The number of hydrogen-bond donors (Lipinski definition) is 2. The quantitative estimate of drug-likeness (QED) is 0.490. The number of alkyl halides is 5. The SMILES string of the molecule is CC(F)(F)F.CNC(=O)c1nccc2[nH]ccc(=O)c12.FC1(F)CCC(C2CCCCC2)CC1. The van der Waals surface area contributed by atoms with Crippen LogP contribution in [0, 0.1) is 11.8 Å². The van der Waals surface area contributed by atoms with Crippen LogP contribution in [0.5, 0.6) is 0 Å². The van der Waals surface area contributed by atoms with Crippen molar-refractivity contribution in [1.82, 2.24) is 15.3 Å². The van der Waals surface area contributed by atoms with Gasteiger partial charge in [-0.1, -0.05) is 32.1 Å². The van der Waals surface area contributed by atoms with Crippen molar-refractivity contribution in [3.8, 4) is 0 Å². The van der Waals surface area contributed by atoms with E-state index in [2.05, 4.69) is 15.3 Å². The van der Waals surface area contributed by atoms with Gasteiger partial charge in [-0.05, 0) is 30.7 Å². The summed E-state index contributed by atoms with van der Waals surface area (Å²) in [5.41, 5.74) is 0.545. The molecule has 1 amide bonds. The van der Waals surface area contributed by atoms with Gasteiger partial charge in [0.05, 0.1) is 10.9 Å². The van der Waals surface area contributed by atoms with Gasteiger partial charge in [-0.15, -0.1) is 0 Å². The number of hydrogen-bond acceptors (Lipinski definition) is 3. The van der Waals surface area contributed by atoms with Gasteiger partial charge in [0.25, 0.3) is 5.91 Å². The number of H-pyrrole nitrogens is 1. The van der Waals surface area contributed by atoms with Crippen LogP contribution in [-0.2, 0) is 0 Å². The Labute approximate surface area is 195 Å². The highest BCUT2D eigenvalue weighted by Gasteiger charge is 2.37. The molecule has 2 heterocycles. The van der Waals surface area contributed by atoms with Crippen LogP contribution >= 0.6 is 0 Å². The summed E-state index contributed by atoms with van der Waals surface area (Å²) in [5.74, 6) is -1.31. The average Bonchev–Trinajstić information content (AvgIpc) is 2.78. The highest BCUT2D eigenvalue weighted by molar-refractivity contribution is 6.03. The van der Waals surface area contributed by atoms with Crippen molar-refractivity contribution < 1.29 is 26.7 Å². The van der Waals surface area contributed by atoms with Crippen LogP contribution < -0.4 is 10.7 Å². The first-order chi connectivity index (χ1) is 15.9. The van der Waals surface area contributed by atoms with Crippen LogP contribution in [0.25, 0.3) is 10.9 Å². The van der Waals surface area contributed by atoms with Gasteiger partial charge < -0.3 is 10.3 Å². The Morgan fingerprint density at radius 1 is 1.06 bits per heavy atom. The number of aromatic amines is 1. The van der Waals surface area contributed by atoms with E-state index in [-0.39, 0.29) is 36.8 Å². The number of halogens is 5. The number of carbonyl (C=O) groups excluding carboxylic acids is 1. The van der Waals surface area contributed by atoms with Gasteiger partial charge in [0.1, 0.15) is 5.69 Å². The summed E-state index contributed by atoms with van der Waals surface area (Å²) in [6.45, 7) is 0.188. The Balaban J connectivity index is 0.000000202. The maximum atomic E-state index is 12.9. The Morgan fingerprint density at radius 2 is 1.62 bits per heavy atom. The molecule has 2 fully saturated rings. The van der Waals surface area contributed by atoms with Crippen LogP contribution in [0.4, 0.5) is 22.0 Å². The predicted octanol–water partition coefficient (Wildman–Crippen LogP) is 6.24. The lowest BCUT2D eigenvalue weighted by Gasteiger charge is -2.35. The molecule has 2 N–H and O–H groups in total. The third-order valence-corrected chi connectivity index (χ3v) is 6.19. The molecule has 0 aromatic carbocycles. The van der Waals surface area contributed by atoms with E-state index in [4.69, 9.17) is 0 Å². The lowest BCUT2D eigenvalue weighted by atomic mass is 9.73. The van der Waals surface area contributed by atoms with Crippen molar-refractivity contribution in [2.75, 3.05) is 7.05 Å². The molecular formula is C24H32F5N3O2. The molecule has 0 radical (unpaired) electrons. The van der Waals surface area contributed by atoms with Gasteiger partial charge >= 0.3 is 6.18 Å². The number of rotatable bonds is 2. The molecule has 2 aliphatic rings. The van der Waals surface area contributed by atoms with Gasteiger partial charge in [-0.3, -0.25) is 14.6 Å². The average molecular weight is 490 g/mol. The third-order valence-electron chi connectivity index (χ3n) is 6.19. The van der Waals surface area contributed by atoms with Gasteiger partial charge in [-0.25, -0.2) is 8.78 Å². The maximum Gasteiger partial charge on any atom is 0.386 e. The van der Waals surface area contributed by atoms with Crippen molar-refractivity contribution in [2.24, 2.45) is 11.8 Å². The van der Waals surface area contributed by atoms with Gasteiger partial charge in [0, 0.05) is 45.3 Å². The van der Waals surface area contributed by atoms with Crippen LogP contribution in [0.3, 0.4) is 0 Å². The van der Waals surface area contributed by atoms with E-state index in [0.29, 0.717) is 16.8 Å². The molecule has 34 heavy (non-hydrogen) atoms. The lowest BCUT2D eigenvalue weighted by Crippen LogP contribution is -2.29. The van der Waals surface area contributed by atoms with E-state index < -0.39 is 12.1 Å². The van der Waals surface area contributed by atoms with Crippen LogP contribution in [0.2, 0.25) is 0 Å². The summed E-state index contributed by atoms with van der Waals surface area (Å²) in [7, 11) is 1.50. The monoisotopic (exact) mass is 489 g/mol. The molecule has 5 nitrogen and oxygen atoms in total. The largest absolute Gasteiger partial charge is 0.386 e. The van der Waals surface area contributed by atoms with E-state index in [1.165, 1.54) is 57.6 Å². The number of fused-ring (bicyclic) bond motifs is 1. The summed E-state index contributed by atoms with van der Waals surface area (Å²) in [4.78, 5) is 29.8. The summed E-state index contributed by atoms with van der Waals surface area (Å²) in [6.07, 6.45) is 7.50. The molecule has 0 bridgehead atoms. The predicted molar refractivity (Wildman–Crippen MR) is 121 cm³/mol. The van der Waals surface area contributed by atoms with E-state index in [9.17, 15) is 31.5 Å². The van der Waals surface area contributed by atoms with Crippen molar-refractivity contribution >= 4 is 16.8 Å². The van der Waals surface area contributed by atoms with E-state index in [1.807, 2.05) is 0 Å². The number of nitrogens with one attached hydrogen (secondary N) is 2. The van der Waals surface area contributed by atoms with Crippen molar-refractivity contribution in [1.29, 1.82) is 0 Å². The minimum Gasteiger partial charge on any atom is -0.361 e. The smallest absolute Gasteiger partial charge is 0.361 e. The molecule has 2 aromatic rings. The van der Waals surface area contributed by atoms with E-state index in [1.54, 1.807) is 6.07 Å². The van der Waals surface area contributed by atoms with Crippen LogP contribution in [0.1, 0.15) is 75.2 Å². The Hall–Kier alpha value is -2.52. The number of nitrogens with zero attached hydrogens (tertiary/aromatic N) is 1. The summed E-state index contributed by atoms with van der Waals surface area (Å²) < 4.78 is 57.0. The molecule has 10 heteroatoms. The molecule has 2 aliphatic carbocycles. The zero-order valence-electron chi connectivity index (χ0n) is 19.5. The van der Waals surface area contributed by atoms with Gasteiger partial charge in [-0.2, -0.15) is 13.2 Å². The van der Waals surface area contributed by atoms with Gasteiger partial charge in [0.2, 0.25) is 5.92 Å². The van der Waals surface area contributed by atoms with E-state index >= 15 is 0 Å². The number of aromatic nitrogens is 2. The van der Waals surface area contributed by atoms with Crippen LogP contribution in [0.15, 0.2) is 29.3 Å². The van der Waals surface area contributed by atoms with E-state index in [0.717, 1.165) is 18.8 Å². The minimum atomic E-state index is -4.00. The van der Waals surface area contributed by atoms with Crippen molar-refractivity contribution in [2.45, 2.75) is 76.8 Å². The molecule has 0 atom stereocenters. The molecule has 0 unspecified atom stereocenters. The molecular weight excluding hydrogens is 457 g/mol. The third kappa shape index (κ3) is 9.02. The summed E-state index contributed by atoms with van der Waals surface area (Å²) in [6, 6.07) is 3.03. The number of carbonyl (C=O) groups is 1. The van der Waals surface area contributed by atoms with Gasteiger partial charge in [0.15, 0.2) is 5.43 Å². The fourth-order valence-electron chi connectivity index (χ4n) is 4.55. The number of amides is 1.